The zero-order chi connectivity index (χ0) is 11.5. The Bertz CT molecular complexity index is 473. The Morgan fingerprint density at radius 2 is 2.19 bits per heavy atom. The quantitative estimate of drug-likeness (QED) is 0.802. The molecule has 0 unspecified atom stereocenters. The first kappa shape index (κ1) is 11.0. The summed E-state index contributed by atoms with van der Waals surface area (Å²) in [6.07, 6.45) is 0. The SMILES string of the molecule is Cc1ccsc1CNc1cc(N)cc(F)c1. The molecule has 3 N–H and O–H groups in total. The average Bonchev–Trinajstić information content (AvgIpc) is 2.59. The molecule has 2 rings (SSSR count). The van der Waals surface area contributed by atoms with Crippen molar-refractivity contribution < 1.29 is 4.39 Å². The first-order chi connectivity index (χ1) is 7.65. The van der Waals surface area contributed by atoms with Gasteiger partial charge in [-0.1, -0.05) is 0 Å². The lowest BCUT2D eigenvalue weighted by molar-refractivity contribution is 0.629. The zero-order valence-electron chi connectivity index (χ0n) is 8.96. The maximum atomic E-state index is 13.1. The fourth-order valence-corrected chi connectivity index (χ4v) is 2.33. The molecule has 1 aromatic carbocycles. The van der Waals surface area contributed by atoms with Gasteiger partial charge in [0.2, 0.25) is 0 Å². The molecule has 0 bridgehead atoms. The predicted octanol–water partition coefficient (Wildman–Crippen LogP) is 3.39. The average molecular weight is 236 g/mol. The van der Waals surface area contributed by atoms with Gasteiger partial charge in [0, 0.05) is 22.8 Å². The van der Waals surface area contributed by atoms with Crippen molar-refractivity contribution >= 4 is 22.7 Å². The van der Waals surface area contributed by atoms with Crippen molar-refractivity contribution in [2.45, 2.75) is 13.5 Å². The van der Waals surface area contributed by atoms with Crippen molar-refractivity contribution in [3.63, 3.8) is 0 Å². The van der Waals surface area contributed by atoms with Gasteiger partial charge in [0.15, 0.2) is 0 Å². The fourth-order valence-electron chi connectivity index (χ4n) is 1.48. The first-order valence-corrected chi connectivity index (χ1v) is 5.86. The van der Waals surface area contributed by atoms with Gasteiger partial charge in [-0.05, 0) is 42.1 Å². The highest BCUT2D eigenvalue weighted by molar-refractivity contribution is 7.10. The highest BCUT2D eigenvalue weighted by Crippen LogP contribution is 2.19. The lowest BCUT2D eigenvalue weighted by Gasteiger charge is -2.07. The minimum Gasteiger partial charge on any atom is -0.399 e. The van der Waals surface area contributed by atoms with Crippen LogP contribution in [0.25, 0.3) is 0 Å². The molecule has 1 aromatic heterocycles. The third-order valence-electron chi connectivity index (χ3n) is 2.34. The molecule has 0 aliphatic carbocycles. The molecule has 0 aliphatic rings. The Morgan fingerprint density at radius 1 is 1.38 bits per heavy atom. The maximum Gasteiger partial charge on any atom is 0.127 e. The number of nitrogen functional groups attached to an aromatic ring is 1. The van der Waals surface area contributed by atoms with Gasteiger partial charge in [-0.2, -0.15) is 0 Å². The van der Waals surface area contributed by atoms with Crippen LogP contribution < -0.4 is 11.1 Å². The summed E-state index contributed by atoms with van der Waals surface area (Å²) < 4.78 is 13.1. The first-order valence-electron chi connectivity index (χ1n) is 4.98. The van der Waals surface area contributed by atoms with Crippen molar-refractivity contribution in [2.75, 3.05) is 11.1 Å². The number of hydrogen-bond acceptors (Lipinski definition) is 3. The van der Waals surface area contributed by atoms with Crippen LogP contribution in [0.4, 0.5) is 15.8 Å². The van der Waals surface area contributed by atoms with Crippen molar-refractivity contribution in [3.05, 3.63) is 45.9 Å². The van der Waals surface area contributed by atoms with Gasteiger partial charge in [-0.25, -0.2) is 4.39 Å². The van der Waals surface area contributed by atoms with Gasteiger partial charge < -0.3 is 11.1 Å². The molecule has 0 fully saturated rings. The van der Waals surface area contributed by atoms with E-state index < -0.39 is 0 Å². The number of rotatable bonds is 3. The molecule has 2 aromatic rings. The number of anilines is 2. The lowest BCUT2D eigenvalue weighted by atomic mass is 10.2. The van der Waals surface area contributed by atoms with Gasteiger partial charge in [-0.15, -0.1) is 11.3 Å². The molecule has 0 radical (unpaired) electrons. The number of hydrogen-bond donors (Lipinski definition) is 2. The second-order valence-corrected chi connectivity index (χ2v) is 4.65. The topological polar surface area (TPSA) is 38.0 Å². The third-order valence-corrected chi connectivity index (χ3v) is 3.36. The second kappa shape index (κ2) is 4.53. The predicted molar refractivity (Wildman–Crippen MR) is 67.2 cm³/mol. The highest BCUT2D eigenvalue weighted by atomic mass is 32.1. The number of nitrogens with one attached hydrogen (secondary N) is 1. The number of halogens is 1. The van der Waals surface area contributed by atoms with E-state index in [0.717, 1.165) is 0 Å². The molecule has 16 heavy (non-hydrogen) atoms. The molecule has 0 atom stereocenters. The van der Waals surface area contributed by atoms with Crippen LogP contribution in [0.1, 0.15) is 10.4 Å². The van der Waals surface area contributed by atoms with Gasteiger partial charge in [0.25, 0.3) is 0 Å². The zero-order valence-corrected chi connectivity index (χ0v) is 9.77. The standard InChI is InChI=1S/C12H13FN2S/c1-8-2-3-16-12(8)7-15-11-5-9(13)4-10(14)6-11/h2-6,15H,7,14H2,1H3. The van der Waals surface area contributed by atoms with E-state index in [1.807, 2.05) is 5.38 Å². The molecule has 0 saturated heterocycles. The molecule has 1 heterocycles. The van der Waals surface area contributed by atoms with Crippen LogP contribution >= 0.6 is 11.3 Å². The Hall–Kier alpha value is -1.55. The van der Waals surface area contributed by atoms with Crippen molar-refractivity contribution in [2.24, 2.45) is 0 Å². The Labute approximate surface area is 97.9 Å². The molecule has 0 amide bonds. The van der Waals surface area contributed by atoms with Crippen molar-refractivity contribution in [1.82, 2.24) is 0 Å². The van der Waals surface area contributed by atoms with E-state index in [4.69, 9.17) is 5.73 Å². The second-order valence-electron chi connectivity index (χ2n) is 3.65. The van der Waals surface area contributed by atoms with E-state index in [1.54, 1.807) is 17.4 Å². The van der Waals surface area contributed by atoms with Crippen LogP contribution in [0, 0.1) is 12.7 Å². The monoisotopic (exact) mass is 236 g/mol. The van der Waals surface area contributed by atoms with E-state index in [2.05, 4.69) is 18.3 Å². The molecular weight excluding hydrogens is 223 g/mol. The normalized spacial score (nSPS) is 10.4. The Morgan fingerprint density at radius 3 is 2.81 bits per heavy atom. The van der Waals surface area contributed by atoms with E-state index >= 15 is 0 Å². The smallest absolute Gasteiger partial charge is 0.127 e. The van der Waals surface area contributed by atoms with E-state index in [1.165, 1.54) is 22.6 Å². The molecule has 0 aliphatic heterocycles. The molecule has 84 valence electrons. The largest absolute Gasteiger partial charge is 0.399 e. The Balaban J connectivity index is 2.07. The van der Waals surface area contributed by atoms with E-state index in [0.29, 0.717) is 17.9 Å². The maximum absolute atomic E-state index is 13.1. The summed E-state index contributed by atoms with van der Waals surface area (Å²) in [7, 11) is 0. The number of benzene rings is 1. The van der Waals surface area contributed by atoms with Gasteiger partial charge in [0.1, 0.15) is 5.82 Å². The summed E-state index contributed by atoms with van der Waals surface area (Å²) in [4.78, 5) is 1.25. The van der Waals surface area contributed by atoms with E-state index in [9.17, 15) is 4.39 Å². The number of thiophene rings is 1. The summed E-state index contributed by atoms with van der Waals surface area (Å²) in [5.41, 5.74) is 7.96. The minimum atomic E-state index is -0.314. The summed E-state index contributed by atoms with van der Waals surface area (Å²) in [6, 6.07) is 6.55. The van der Waals surface area contributed by atoms with Crippen LogP contribution in [0.5, 0.6) is 0 Å². The van der Waals surface area contributed by atoms with Crippen LogP contribution in [-0.2, 0) is 6.54 Å². The van der Waals surface area contributed by atoms with Crippen molar-refractivity contribution in [1.29, 1.82) is 0 Å². The summed E-state index contributed by atoms with van der Waals surface area (Å²) in [5, 5.41) is 5.21. The third kappa shape index (κ3) is 2.52. The van der Waals surface area contributed by atoms with Crippen LogP contribution in [0.3, 0.4) is 0 Å². The van der Waals surface area contributed by atoms with Crippen LogP contribution in [0.2, 0.25) is 0 Å². The lowest BCUT2D eigenvalue weighted by Crippen LogP contribution is -2.00. The Kier molecular flexibility index (Phi) is 3.10. The van der Waals surface area contributed by atoms with Crippen LogP contribution in [0.15, 0.2) is 29.6 Å². The summed E-state index contributed by atoms with van der Waals surface area (Å²) >= 11 is 1.69. The van der Waals surface area contributed by atoms with Gasteiger partial charge in [-0.3, -0.25) is 0 Å². The van der Waals surface area contributed by atoms with Crippen molar-refractivity contribution in [3.8, 4) is 0 Å². The highest BCUT2D eigenvalue weighted by Gasteiger charge is 2.01. The van der Waals surface area contributed by atoms with E-state index in [-0.39, 0.29) is 5.82 Å². The fraction of sp³-hybridized carbons (Fsp3) is 0.167. The molecule has 4 heteroatoms. The summed E-state index contributed by atoms with van der Waals surface area (Å²) in [5.74, 6) is -0.314. The van der Waals surface area contributed by atoms with Gasteiger partial charge >= 0.3 is 0 Å². The summed E-state index contributed by atoms with van der Waals surface area (Å²) in [6.45, 7) is 2.76. The minimum absolute atomic E-state index is 0.314. The molecule has 0 spiro atoms. The number of aryl methyl sites for hydroxylation is 1. The van der Waals surface area contributed by atoms with Crippen LogP contribution in [-0.4, -0.2) is 0 Å². The molecule has 0 saturated carbocycles. The number of nitrogens with two attached hydrogens (primary N) is 1. The molecular formula is C12H13FN2S. The van der Waals surface area contributed by atoms with Gasteiger partial charge in [0.05, 0.1) is 0 Å². The molecule has 2 nitrogen and oxygen atoms in total.